The van der Waals surface area contributed by atoms with Crippen molar-refractivity contribution in [1.82, 2.24) is 10.2 Å². The second-order valence-electron chi connectivity index (χ2n) is 6.56. The SMILES string of the molecule is CCC1(NC(=O)COc2ccc(Cl)cc2)CC1N1CCCCC1=O. The summed E-state index contributed by atoms with van der Waals surface area (Å²) in [5.41, 5.74) is -0.284. The predicted molar refractivity (Wildman–Crippen MR) is 92.1 cm³/mol. The van der Waals surface area contributed by atoms with Crippen LogP contribution in [0.2, 0.25) is 5.02 Å². The number of rotatable bonds is 6. The fourth-order valence-electron chi connectivity index (χ4n) is 3.45. The van der Waals surface area contributed by atoms with Crippen LogP contribution in [0, 0.1) is 0 Å². The maximum absolute atomic E-state index is 12.2. The number of carbonyl (C=O) groups is 2. The van der Waals surface area contributed by atoms with Gasteiger partial charge in [-0.05, 0) is 49.9 Å². The zero-order valence-corrected chi connectivity index (χ0v) is 14.6. The summed E-state index contributed by atoms with van der Waals surface area (Å²) in [7, 11) is 0. The Labute approximate surface area is 147 Å². The number of amides is 2. The summed E-state index contributed by atoms with van der Waals surface area (Å²) in [4.78, 5) is 26.3. The lowest BCUT2D eigenvalue weighted by atomic mass is 10.1. The molecule has 1 N–H and O–H groups in total. The fourth-order valence-corrected chi connectivity index (χ4v) is 3.57. The minimum atomic E-state index is -0.284. The first-order chi connectivity index (χ1) is 11.5. The average molecular weight is 351 g/mol. The molecule has 6 heteroatoms. The van der Waals surface area contributed by atoms with E-state index in [1.807, 2.05) is 4.90 Å². The molecule has 2 aliphatic rings. The van der Waals surface area contributed by atoms with Gasteiger partial charge < -0.3 is 15.0 Å². The van der Waals surface area contributed by atoms with Crippen LogP contribution >= 0.6 is 11.6 Å². The van der Waals surface area contributed by atoms with Crippen LogP contribution in [0.4, 0.5) is 0 Å². The van der Waals surface area contributed by atoms with Gasteiger partial charge in [-0.2, -0.15) is 0 Å². The molecule has 2 atom stereocenters. The number of nitrogens with zero attached hydrogens (tertiary/aromatic N) is 1. The molecule has 24 heavy (non-hydrogen) atoms. The molecule has 2 unspecified atom stereocenters. The molecule has 5 nitrogen and oxygen atoms in total. The van der Waals surface area contributed by atoms with Gasteiger partial charge in [-0.3, -0.25) is 9.59 Å². The van der Waals surface area contributed by atoms with Crippen LogP contribution < -0.4 is 10.1 Å². The van der Waals surface area contributed by atoms with Crippen molar-refractivity contribution in [3.05, 3.63) is 29.3 Å². The average Bonchev–Trinajstić information content (AvgIpc) is 3.29. The van der Waals surface area contributed by atoms with E-state index in [0.717, 1.165) is 32.2 Å². The van der Waals surface area contributed by atoms with Crippen LogP contribution in [-0.4, -0.2) is 41.4 Å². The Morgan fingerprint density at radius 1 is 1.38 bits per heavy atom. The van der Waals surface area contributed by atoms with Crippen LogP contribution in [0.3, 0.4) is 0 Å². The molecule has 1 saturated carbocycles. The summed E-state index contributed by atoms with van der Waals surface area (Å²) < 4.78 is 5.49. The van der Waals surface area contributed by atoms with E-state index in [9.17, 15) is 9.59 Å². The summed E-state index contributed by atoms with van der Waals surface area (Å²) in [6, 6.07) is 7.05. The quantitative estimate of drug-likeness (QED) is 0.858. The maximum Gasteiger partial charge on any atom is 0.258 e. The topological polar surface area (TPSA) is 58.6 Å². The van der Waals surface area contributed by atoms with Gasteiger partial charge in [0, 0.05) is 18.0 Å². The molecule has 0 spiro atoms. The number of nitrogens with one attached hydrogen (secondary N) is 1. The monoisotopic (exact) mass is 350 g/mol. The standard InChI is InChI=1S/C18H23ClN2O3/c1-2-18(11-15(18)21-10-4-3-5-17(21)23)20-16(22)12-24-14-8-6-13(19)7-9-14/h6-9,15H,2-5,10-12H2,1H3,(H,20,22). The molecular weight excluding hydrogens is 328 g/mol. The third kappa shape index (κ3) is 3.66. The molecule has 0 bridgehead atoms. The van der Waals surface area contributed by atoms with Crippen molar-refractivity contribution < 1.29 is 14.3 Å². The molecule has 1 saturated heterocycles. The highest BCUT2D eigenvalue weighted by Gasteiger charge is 2.58. The van der Waals surface area contributed by atoms with Crippen molar-refractivity contribution >= 4 is 23.4 Å². The predicted octanol–water partition coefficient (Wildman–Crippen LogP) is 2.77. The highest BCUT2D eigenvalue weighted by atomic mass is 35.5. The summed E-state index contributed by atoms with van der Waals surface area (Å²) >= 11 is 5.82. The largest absolute Gasteiger partial charge is 0.484 e. The number of piperidine rings is 1. The molecule has 1 aromatic carbocycles. The van der Waals surface area contributed by atoms with Gasteiger partial charge in [0.2, 0.25) is 5.91 Å². The Morgan fingerprint density at radius 3 is 2.79 bits per heavy atom. The van der Waals surface area contributed by atoms with Gasteiger partial charge >= 0.3 is 0 Å². The first kappa shape index (κ1) is 17.1. The van der Waals surface area contributed by atoms with Crippen molar-refractivity contribution in [2.45, 2.75) is 50.6 Å². The molecule has 3 rings (SSSR count). The highest BCUT2D eigenvalue weighted by Crippen LogP contribution is 2.44. The molecular formula is C18H23ClN2O3. The molecule has 2 amide bonds. The van der Waals surface area contributed by atoms with Gasteiger partial charge in [0.15, 0.2) is 6.61 Å². The van der Waals surface area contributed by atoms with Crippen molar-refractivity contribution in [3.8, 4) is 5.75 Å². The number of hydrogen-bond donors (Lipinski definition) is 1. The van der Waals surface area contributed by atoms with E-state index in [1.165, 1.54) is 0 Å². The number of benzene rings is 1. The molecule has 2 fully saturated rings. The van der Waals surface area contributed by atoms with Crippen molar-refractivity contribution in [2.75, 3.05) is 13.2 Å². The Kier molecular flexibility index (Phi) is 4.99. The number of hydrogen-bond acceptors (Lipinski definition) is 3. The van der Waals surface area contributed by atoms with Gasteiger partial charge in [0.1, 0.15) is 5.75 Å². The van der Waals surface area contributed by atoms with E-state index in [4.69, 9.17) is 16.3 Å². The Morgan fingerprint density at radius 2 is 2.12 bits per heavy atom. The smallest absolute Gasteiger partial charge is 0.258 e. The van der Waals surface area contributed by atoms with E-state index in [-0.39, 0.29) is 30.0 Å². The minimum Gasteiger partial charge on any atom is -0.484 e. The third-order valence-corrected chi connectivity index (χ3v) is 5.23. The van der Waals surface area contributed by atoms with Gasteiger partial charge in [-0.1, -0.05) is 18.5 Å². The molecule has 0 radical (unpaired) electrons. The van der Waals surface area contributed by atoms with E-state index in [1.54, 1.807) is 24.3 Å². The van der Waals surface area contributed by atoms with Crippen molar-refractivity contribution in [2.24, 2.45) is 0 Å². The summed E-state index contributed by atoms with van der Waals surface area (Å²) in [6.45, 7) is 2.82. The van der Waals surface area contributed by atoms with Crippen molar-refractivity contribution in [1.29, 1.82) is 0 Å². The van der Waals surface area contributed by atoms with Crippen LogP contribution in [0.25, 0.3) is 0 Å². The van der Waals surface area contributed by atoms with Gasteiger partial charge in [-0.25, -0.2) is 0 Å². The molecule has 1 aliphatic carbocycles. The van der Waals surface area contributed by atoms with E-state index < -0.39 is 0 Å². The van der Waals surface area contributed by atoms with Gasteiger partial charge in [0.25, 0.3) is 5.91 Å². The summed E-state index contributed by atoms with van der Waals surface area (Å²) in [5, 5.41) is 3.71. The normalized spacial score (nSPS) is 26.2. The second kappa shape index (κ2) is 7.01. The van der Waals surface area contributed by atoms with Crippen LogP contribution in [0.5, 0.6) is 5.75 Å². The van der Waals surface area contributed by atoms with E-state index >= 15 is 0 Å². The lowest BCUT2D eigenvalue weighted by Gasteiger charge is -2.30. The Hall–Kier alpha value is -1.75. The highest BCUT2D eigenvalue weighted by molar-refractivity contribution is 6.30. The zero-order chi connectivity index (χ0) is 17.2. The van der Waals surface area contributed by atoms with E-state index in [0.29, 0.717) is 17.2 Å². The molecule has 1 heterocycles. The van der Waals surface area contributed by atoms with Gasteiger partial charge in [-0.15, -0.1) is 0 Å². The van der Waals surface area contributed by atoms with Crippen LogP contribution in [-0.2, 0) is 9.59 Å². The maximum atomic E-state index is 12.2. The minimum absolute atomic E-state index is 0.0376. The first-order valence-corrected chi connectivity index (χ1v) is 8.91. The zero-order valence-electron chi connectivity index (χ0n) is 13.9. The van der Waals surface area contributed by atoms with Crippen LogP contribution in [0.1, 0.15) is 39.0 Å². The van der Waals surface area contributed by atoms with Gasteiger partial charge in [0.05, 0.1) is 11.6 Å². The molecule has 130 valence electrons. The fraction of sp³-hybridized carbons (Fsp3) is 0.556. The van der Waals surface area contributed by atoms with Crippen LogP contribution in [0.15, 0.2) is 24.3 Å². The third-order valence-electron chi connectivity index (χ3n) is 4.97. The molecule has 0 aromatic heterocycles. The number of halogens is 1. The molecule has 1 aliphatic heterocycles. The Bertz CT molecular complexity index is 619. The van der Waals surface area contributed by atoms with Crippen molar-refractivity contribution in [3.63, 3.8) is 0 Å². The molecule has 1 aromatic rings. The Balaban J connectivity index is 1.53. The van der Waals surface area contributed by atoms with E-state index in [2.05, 4.69) is 12.2 Å². The lowest BCUT2D eigenvalue weighted by Crippen LogP contribution is -2.48. The lowest BCUT2D eigenvalue weighted by molar-refractivity contribution is -0.135. The first-order valence-electron chi connectivity index (χ1n) is 8.53. The number of likely N-dealkylation sites (tertiary alicyclic amines) is 1. The second-order valence-corrected chi connectivity index (χ2v) is 7.00. The number of carbonyl (C=O) groups excluding carboxylic acids is 2. The summed E-state index contributed by atoms with van der Waals surface area (Å²) in [6.07, 6.45) is 4.30. The summed E-state index contributed by atoms with van der Waals surface area (Å²) in [5.74, 6) is 0.672. The number of ether oxygens (including phenoxy) is 1.